The highest BCUT2D eigenvalue weighted by Crippen LogP contribution is 2.40. The van der Waals surface area contributed by atoms with E-state index in [2.05, 4.69) is 65.2 Å². The molecule has 0 fully saturated rings. The average Bonchev–Trinajstić information content (AvgIpc) is 3.91. The van der Waals surface area contributed by atoms with Gasteiger partial charge in [-0.2, -0.15) is 0 Å². The molecule has 11 rings (SSSR count). The predicted molar refractivity (Wildman–Crippen MR) is 211 cm³/mol. The maximum Gasteiger partial charge on any atom is 0.164 e. The Morgan fingerprint density at radius 3 is 1.88 bits per heavy atom. The molecule has 0 radical (unpaired) electrons. The molecule has 0 N–H and O–H groups in total. The van der Waals surface area contributed by atoms with Crippen LogP contribution in [0.3, 0.4) is 0 Å². The smallest absolute Gasteiger partial charge is 0.164 e. The Balaban J connectivity index is 1.16. The number of aromatic nitrogens is 4. The molecule has 0 unspecified atom stereocenters. The predicted octanol–water partition coefficient (Wildman–Crippen LogP) is 12.2. The first kappa shape index (κ1) is 23.7. The van der Waals surface area contributed by atoms with Gasteiger partial charge in [-0.05, 0) is 54.6 Å². The number of hydrogen-bond acceptors (Lipinski definition) is 5. The first-order valence-electron chi connectivity index (χ1n) is 19.0. The highest BCUT2D eigenvalue weighted by molar-refractivity contribution is 7.25. The summed E-state index contributed by atoms with van der Waals surface area (Å²) in [4.78, 5) is 14.6. The fourth-order valence-corrected chi connectivity index (χ4v) is 8.43. The molecule has 0 aliphatic heterocycles. The summed E-state index contributed by atoms with van der Waals surface area (Å²) in [5.41, 5.74) is 5.80. The Labute approximate surface area is 302 Å². The lowest BCUT2D eigenvalue weighted by molar-refractivity contribution is 0.669. The van der Waals surface area contributed by atoms with Crippen LogP contribution < -0.4 is 0 Å². The summed E-state index contributed by atoms with van der Waals surface area (Å²) in [5, 5.41) is 6.36. The number of benzene rings is 7. The van der Waals surface area contributed by atoms with Gasteiger partial charge in [0.05, 0.1) is 29.0 Å². The highest BCUT2D eigenvalue weighted by Gasteiger charge is 2.19. The molecule has 4 heterocycles. The van der Waals surface area contributed by atoms with Crippen LogP contribution in [0.5, 0.6) is 0 Å². The lowest BCUT2D eigenvalue weighted by atomic mass is 10.1. The van der Waals surface area contributed by atoms with Crippen LogP contribution in [-0.2, 0) is 0 Å². The first-order chi connectivity index (χ1) is 27.3. The molecule has 4 aromatic heterocycles. The van der Waals surface area contributed by atoms with Crippen molar-refractivity contribution >= 4 is 75.3 Å². The van der Waals surface area contributed by atoms with E-state index in [0.717, 1.165) is 64.0 Å². The van der Waals surface area contributed by atoms with Crippen LogP contribution in [0.1, 0.15) is 6.85 Å². The zero-order valence-corrected chi connectivity index (χ0v) is 27.5. The molecule has 0 saturated heterocycles. The van der Waals surface area contributed by atoms with Crippen molar-refractivity contribution in [3.63, 3.8) is 0 Å². The average molecular weight is 676 g/mol. The van der Waals surface area contributed by atoms with Gasteiger partial charge in [-0.25, -0.2) is 15.0 Å². The van der Waals surface area contributed by atoms with E-state index in [1.807, 2.05) is 66.7 Å². The maximum atomic E-state index is 8.79. The summed E-state index contributed by atoms with van der Waals surface area (Å²) >= 11 is 1.67. The number of nitrogens with zero attached hydrogens (tertiary/aromatic N) is 4. The number of hydrogen-bond donors (Lipinski definition) is 0. The topological polar surface area (TPSA) is 56.7 Å². The Morgan fingerprint density at radius 2 is 1.12 bits per heavy atom. The van der Waals surface area contributed by atoms with E-state index in [-0.39, 0.29) is 23.5 Å². The van der Waals surface area contributed by atoms with Crippen LogP contribution in [-0.4, -0.2) is 19.5 Å². The fraction of sp³-hybridized carbons (Fsp3) is 0. The van der Waals surface area contributed by atoms with Crippen molar-refractivity contribution in [1.29, 1.82) is 0 Å². The molecule has 0 aliphatic rings. The van der Waals surface area contributed by atoms with Gasteiger partial charge < -0.3 is 8.98 Å². The molecule has 0 amide bonds. The van der Waals surface area contributed by atoms with Crippen LogP contribution >= 0.6 is 11.3 Å². The van der Waals surface area contributed by atoms with Crippen molar-refractivity contribution < 1.29 is 11.3 Å². The minimum Gasteiger partial charge on any atom is -0.456 e. The fourth-order valence-electron chi connectivity index (χ4n) is 7.29. The van der Waals surface area contributed by atoms with Crippen molar-refractivity contribution in [2.75, 3.05) is 0 Å². The molecule has 0 atom stereocenters. The third-order valence-electron chi connectivity index (χ3n) is 9.55. The minimum atomic E-state index is -0.482. The van der Waals surface area contributed by atoms with E-state index in [4.69, 9.17) is 26.2 Å². The van der Waals surface area contributed by atoms with Gasteiger partial charge >= 0.3 is 0 Å². The van der Waals surface area contributed by atoms with Gasteiger partial charge in [0.15, 0.2) is 17.5 Å². The molecule has 0 spiro atoms. The molecular weight excluding hydrogens is 645 g/mol. The molecular formula is C45H26N4OS. The lowest BCUT2D eigenvalue weighted by Gasteiger charge is -2.10. The molecule has 51 heavy (non-hydrogen) atoms. The molecule has 11 aromatic rings. The molecule has 5 nitrogen and oxygen atoms in total. The number of para-hydroxylation sites is 2. The summed E-state index contributed by atoms with van der Waals surface area (Å²) in [5.74, 6) is 0.597. The lowest BCUT2D eigenvalue weighted by Crippen LogP contribution is -2.00. The van der Waals surface area contributed by atoms with Crippen LogP contribution in [0, 0.1) is 0 Å². The quantitative estimate of drug-likeness (QED) is 0.186. The minimum absolute atomic E-state index is 0.0124. The van der Waals surface area contributed by atoms with E-state index in [1.165, 1.54) is 0 Å². The monoisotopic (exact) mass is 675 g/mol. The zero-order valence-electron chi connectivity index (χ0n) is 31.7. The largest absolute Gasteiger partial charge is 0.456 e. The van der Waals surface area contributed by atoms with Gasteiger partial charge in [0, 0.05) is 53.0 Å². The summed E-state index contributed by atoms with van der Waals surface area (Å²) in [6.45, 7) is 0. The van der Waals surface area contributed by atoms with Crippen molar-refractivity contribution in [2.45, 2.75) is 0 Å². The van der Waals surface area contributed by atoms with Crippen LogP contribution in [0.4, 0.5) is 0 Å². The second-order valence-corrected chi connectivity index (χ2v) is 13.5. The molecule has 0 saturated carbocycles. The second-order valence-electron chi connectivity index (χ2n) is 12.4. The normalized spacial score (nSPS) is 13.3. The maximum absolute atomic E-state index is 8.79. The van der Waals surface area contributed by atoms with Gasteiger partial charge in [-0.1, -0.05) is 103 Å². The van der Waals surface area contributed by atoms with Crippen LogP contribution in [0.25, 0.3) is 104 Å². The molecule has 238 valence electrons. The number of furan rings is 1. The van der Waals surface area contributed by atoms with Gasteiger partial charge in [0.25, 0.3) is 0 Å². The van der Waals surface area contributed by atoms with E-state index >= 15 is 0 Å². The van der Waals surface area contributed by atoms with E-state index in [0.29, 0.717) is 28.4 Å². The Morgan fingerprint density at radius 1 is 0.490 bits per heavy atom. The molecule has 0 bridgehead atoms. The Kier molecular flexibility index (Phi) is 5.08. The van der Waals surface area contributed by atoms with Crippen molar-refractivity contribution in [1.82, 2.24) is 19.5 Å². The molecule has 6 heteroatoms. The third-order valence-corrected chi connectivity index (χ3v) is 10.7. The SMILES string of the molecule is [2H]c1c([2H])c([2H])c(-c2nc(-c3ccc4c(c3)sc3ccccc34)nc(-c3ccc4oc5cccc(-n6c7ccccc7c7ccccc76)c5c4c3)n2)c([2H])c1[2H]. The summed E-state index contributed by atoms with van der Waals surface area (Å²) in [6, 6.07) is 40.7. The Hall–Kier alpha value is -6.63. The number of rotatable bonds is 4. The van der Waals surface area contributed by atoms with Gasteiger partial charge in [-0.3, -0.25) is 0 Å². The number of fused-ring (bicyclic) bond motifs is 9. The van der Waals surface area contributed by atoms with E-state index in [1.54, 1.807) is 11.3 Å². The van der Waals surface area contributed by atoms with Crippen molar-refractivity contribution in [2.24, 2.45) is 0 Å². The summed E-state index contributed by atoms with van der Waals surface area (Å²) in [7, 11) is 0. The van der Waals surface area contributed by atoms with Gasteiger partial charge in [0.2, 0.25) is 0 Å². The first-order valence-corrected chi connectivity index (χ1v) is 17.3. The van der Waals surface area contributed by atoms with Crippen LogP contribution in [0.15, 0.2) is 162 Å². The van der Waals surface area contributed by atoms with Gasteiger partial charge in [0.1, 0.15) is 11.2 Å². The van der Waals surface area contributed by atoms with E-state index < -0.39 is 18.1 Å². The molecule has 0 aliphatic carbocycles. The number of thiophene rings is 1. The Bertz CT molecular complexity index is 3380. The standard InChI is InChI=1S/C45H26N4OS/c1-2-11-27(12-3-1)43-46-44(48-45(47-43)29-21-23-33-32-15-6-9-20-40(32)51-41(33)26-29)28-22-24-38-34(25-28)42-37(18-10-19-39(42)50-38)49-35-16-7-4-13-30(35)31-14-5-8-17-36(31)49/h1-26H/i1D,2D,3D,11D,12D. The third kappa shape index (κ3) is 4.37. The summed E-state index contributed by atoms with van der Waals surface area (Å²) < 4.78 is 53.5. The zero-order chi connectivity index (χ0) is 37.8. The highest BCUT2D eigenvalue weighted by atomic mass is 32.1. The van der Waals surface area contributed by atoms with Crippen molar-refractivity contribution in [3.05, 3.63) is 158 Å². The van der Waals surface area contributed by atoms with Crippen LogP contribution in [0.2, 0.25) is 0 Å². The summed E-state index contributed by atoms with van der Waals surface area (Å²) in [6.07, 6.45) is 0. The second kappa shape index (κ2) is 10.9. The van der Waals surface area contributed by atoms with E-state index in [9.17, 15) is 0 Å². The van der Waals surface area contributed by atoms with Crippen molar-refractivity contribution in [3.8, 4) is 39.9 Å². The van der Waals surface area contributed by atoms with Gasteiger partial charge in [-0.15, -0.1) is 11.3 Å². The molecule has 7 aromatic carbocycles.